The van der Waals surface area contributed by atoms with Crippen LogP contribution in [0, 0.1) is 5.95 Å². The van der Waals surface area contributed by atoms with Crippen molar-refractivity contribution in [1.82, 2.24) is 19.0 Å². The fourth-order valence-corrected chi connectivity index (χ4v) is 5.45. The zero-order valence-electron chi connectivity index (χ0n) is 24.0. The molecule has 0 aliphatic carbocycles. The van der Waals surface area contributed by atoms with Crippen LogP contribution in [0.15, 0.2) is 65.7 Å². The van der Waals surface area contributed by atoms with Crippen LogP contribution < -0.4 is 15.3 Å². The van der Waals surface area contributed by atoms with Crippen molar-refractivity contribution in [2.45, 2.75) is 26.3 Å². The van der Waals surface area contributed by atoms with Crippen molar-refractivity contribution in [2.75, 3.05) is 45.0 Å². The van der Waals surface area contributed by atoms with Crippen molar-refractivity contribution in [3.8, 4) is 33.8 Å². The molecule has 216 valence electrons. The Hall–Kier alpha value is -3.66. The minimum Gasteiger partial charge on any atom is -0.465 e. The summed E-state index contributed by atoms with van der Waals surface area (Å²) in [5.41, 5.74) is 3.66. The normalized spacial score (nSPS) is 14.5. The predicted molar refractivity (Wildman–Crippen MR) is 161 cm³/mol. The second-order valence-corrected chi connectivity index (χ2v) is 11.6. The Labute approximate surface area is 244 Å². The summed E-state index contributed by atoms with van der Waals surface area (Å²) >= 11 is 6.64. The zero-order valence-corrected chi connectivity index (χ0v) is 24.8. The first kappa shape index (κ1) is 28.9. The minimum atomic E-state index is -0.650. The van der Waals surface area contributed by atoms with Gasteiger partial charge in [0.1, 0.15) is 5.69 Å². The molecule has 0 N–H and O–H groups in total. The Kier molecular flexibility index (Phi) is 8.22. The van der Waals surface area contributed by atoms with Gasteiger partial charge < -0.3 is 18.9 Å². The van der Waals surface area contributed by atoms with Crippen LogP contribution in [0.3, 0.4) is 0 Å². The van der Waals surface area contributed by atoms with E-state index < -0.39 is 5.95 Å². The number of aromatic nitrogens is 3. The zero-order chi connectivity index (χ0) is 29.3. The standard InChI is InChI=1S/C31H35ClFN5O3/c1-31(2,3)37-14-12-36(13-15-37)23-8-6-7-22(17-23)28-29(41-20-40-5)24(19-27(33)34-28)21-9-10-26(25(32)18-21)38-16-11-35(4)30(38)39/h6-11,16-19H,12-15,20H2,1-5H3. The van der Waals surface area contributed by atoms with Crippen LogP contribution in [0.2, 0.25) is 5.02 Å². The molecule has 10 heteroatoms. The number of aryl methyl sites for hydroxylation is 1. The highest BCUT2D eigenvalue weighted by molar-refractivity contribution is 6.32. The number of rotatable bonds is 7. The molecule has 2 aromatic carbocycles. The summed E-state index contributed by atoms with van der Waals surface area (Å²) < 4.78 is 29.3. The first-order chi connectivity index (χ1) is 19.6. The van der Waals surface area contributed by atoms with Crippen LogP contribution >= 0.6 is 11.6 Å². The van der Waals surface area contributed by atoms with Gasteiger partial charge in [-0.2, -0.15) is 4.39 Å². The smallest absolute Gasteiger partial charge is 0.332 e. The van der Waals surface area contributed by atoms with Crippen molar-refractivity contribution in [1.29, 1.82) is 0 Å². The molecule has 0 unspecified atom stereocenters. The number of imidazole rings is 1. The van der Waals surface area contributed by atoms with E-state index in [0.717, 1.165) is 37.4 Å². The van der Waals surface area contributed by atoms with Crippen LogP contribution in [0.1, 0.15) is 20.8 Å². The van der Waals surface area contributed by atoms with Gasteiger partial charge in [-0.25, -0.2) is 9.78 Å². The summed E-state index contributed by atoms with van der Waals surface area (Å²) in [6, 6.07) is 14.5. The molecule has 0 bridgehead atoms. The van der Waals surface area contributed by atoms with Gasteiger partial charge in [-0.1, -0.05) is 29.8 Å². The Morgan fingerprint density at radius 2 is 1.76 bits per heavy atom. The molecule has 1 aliphatic rings. The molecular formula is C31H35ClFN5O3. The third-order valence-corrected chi connectivity index (χ3v) is 7.74. The Balaban J connectivity index is 1.53. The maximum Gasteiger partial charge on any atom is 0.332 e. The molecule has 4 aromatic rings. The summed E-state index contributed by atoms with van der Waals surface area (Å²) in [6.45, 7) is 10.4. The number of hydrogen-bond donors (Lipinski definition) is 0. The first-order valence-corrected chi connectivity index (χ1v) is 13.9. The molecule has 3 heterocycles. The number of halogens is 2. The summed E-state index contributed by atoms with van der Waals surface area (Å²) in [5, 5.41) is 0.337. The number of hydrogen-bond acceptors (Lipinski definition) is 6. The van der Waals surface area contributed by atoms with E-state index in [-0.39, 0.29) is 18.0 Å². The quantitative estimate of drug-likeness (QED) is 0.210. The van der Waals surface area contributed by atoms with Crippen LogP contribution in [-0.2, 0) is 11.8 Å². The van der Waals surface area contributed by atoms with E-state index in [1.807, 2.05) is 18.2 Å². The first-order valence-electron chi connectivity index (χ1n) is 13.5. The van der Waals surface area contributed by atoms with Crippen LogP contribution in [0.4, 0.5) is 10.1 Å². The molecule has 0 atom stereocenters. The molecule has 1 aliphatic heterocycles. The Morgan fingerprint density at radius 1 is 1.00 bits per heavy atom. The monoisotopic (exact) mass is 579 g/mol. The molecule has 0 amide bonds. The van der Waals surface area contributed by atoms with E-state index in [1.54, 1.807) is 37.6 Å². The molecule has 41 heavy (non-hydrogen) atoms. The van der Waals surface area contributed by atoms with Crippen LogP contribution in [0.5, 0.6) is 5.75 Å². The van der Waals surface area contributed by atoms with Crippen molar-refractivity contribution < 1.29 is 13.9 Å². The third-order valence-electron chi connectivity index (χ3n) is 7.44. The number of ether oxygens (including phenoxy) is 2. The molecule has 5 rings (SSSR count). The van der Waals surface area contributed by atoms with Gasteiger partial charge in [-0.3, -0.25) is 9.47 Å². The number of nitrogens with zero attached hydrogens (tertiary/aromatic N) is 5. The SMILES string of the molecule is COCOc1c(-c2ccc(-n3ccn(C)c3=O)c(Cl)c2)cc(F)nc1-c1cccc(N2CCN(C(C)(C)C)CC2)c1. The van der Waals surface area contributed by atoms with E-state index in [4.69, 9.17) is 21.1 Å². The molecular weight excluding hydrogens is 545 g/mol. The van der Waals surface area contributed by atoms with Gasteiger partial charge in [0.2, 0.25) is 5.95 Å². The second kappa shape index (κ2) is 11.7. The number of anilines is 1. The van der Waals surface area contributed by atoms with Crippen molar-refractivity contribution in [3.63, 3.8) is 0 Å². The lowest BCUT2D eigenvalue weighted by molar-refractivity contribution is 0.0516. The number of piperazine rings is 1. The van der Waals surface area contributed by atoms with Gasteiger partial charge in [-0.15, -0.1) is 0 Å². The molecule has 1 saturated heterocycles. The average Bonchev–Trinajstić information content (AvgIpc) is 3.29. The van der Waals surface area contributed by atoms with E-state index in [9.17, 15) is 4.79 Å². The fourth-order valence-electron chi connectivity index (χ4n) is 5.18. The fraction of sp³-hybridized carbons (Fsp3) is 0.355. The van der Waals surface area contributed by atoms with Gasteiger partial charge in [-0.05, 0) is 50.6 Å². The second-order valence-electron chi connectivity index (χ2n) is 11.1. The number of methoxy groups -OCH3 is 1. The maximum absolute atomic E-state index is 15.1. The molecule has 0 saturated carbocycles. The maximum atomic E-state index is 15.1. The van der Waals surface area contributed by atoms with Gasteiger partial charge in [0.15, 0.2) is 12.5 Å². The van der Waals surface area contributed by atoms with E-state index in [2.05, 4.69) is 41.6 Å². The van der Waals surface area contributed by atoms with E-state index in [1.165, 1.54) is 22.3 Å². The summed E-state index contributed by atoms with van der Waals surface area (Å²) in [4.78, 5) is 21.5. The van der Waals surface area contributed by atoms with E-state index >= 15 is 4.39 Å². The van der Waals surface area contributed by atoms with Gasteiger partial charge in [0.05, 0.1) is 10.7 Å². The lowest BCUT2D eigenvalue weighted by Gasteiger charge is -2.43. The van der Waals surface area contributed by atoms with Gasteiger partial charge >= 0.3 is 5.69 Å². The molecule has 2 aromatic heterocycles. The molecule has 1 fully saturated rings. The van der Waals surface area contributed by atoms with Gasteiger partial charge in [0, 0.05) is 81.1 Å². The Morgan fingerprint density at radius 3 is 2.39 bits per heavy atom. The third kappa shape index (κ3) is 6.02. The largest absolute Gasteiger partial charge is 0.465 e. The minimum absolute atomic E-state index is 0.0486. The summed E-state index contributed by atoms with van der Waals surface area (Å²) in [7, 11) is 3.19. The highest BCUT2D eigenvalue weighted by Gasteiger charge is 2.26. The molecule has 0 radical (unpaired) electrons. The van der Waals surface area contributed by atoms with E-state index in [0.29, 0.717) is 33.3 Å². The van der Waals surface area contributed by atoms with Crippen LogP contribution in [-0.4, -0.2) is 64.6 Å². The van der Waals surface area contributed by atoms with Gasteiger partial charge in [0.25, 0.3) is 0 Å². The lowest BCUT2D eigenvalue weighted by atomic mass is 10.0. The van der Waals surface area contributed by atoms with Crippen molar-refractivity contribution in [3.05, 3.63) is 82.4 Å². The Bertz CT molecular complexity index is 1600. The summed E-state index contributed by atoms with van der Waals surface area (Å²) in [6.07, 6.45) is 3.31. The summed E-state index contributed by atoms with van der Waals surface area (Å²) in [5.74, 6) is -0.271. The number of benzene rings is 2. The highest BCUT2D eigenvalue weighted by atomic mass is 35.5. The average molecular weight is 580 g/mol. The van der Waals surface area contributed by atoms with Crippen LogP contribution in [0.25, 0.3) is 28.1 Å². The number of pyridine rings is 1. The molecule has 0 spiro atoms. The van der Waals surface area contributed by atoms with Crippen molar-refractivity contribution >= 4 is 17.3 Å². The highest BCUT2D eigenvalue weighted by Crippen LogP contribution is 2.40. The molecule has 8 nitrogen and oxygen atoms in total. The predicted octanol–water partition coefficient (Wildman–Crippen LogP) is 5.60. The topological polar surface area (TPSA) is 64.8 Å². The lowest BCUT2D eigenvalue weighted by Crippen LogP contribution is -2.53. The van der Waals surface area contributed by atoms with Crippen molar-refractivity contribution in [2.24, 2.45) is 7.05 Å².